The van der Waals surface area contributed by atoms with Crippen molar-refractivity contribution in [2.75, 3.05) is 18.5 Å². The second-order valence-corrected chi connectivity index (χ2v) is 10.3. The number of nitrogens with zero attached hydrogens (tertiary/aromatic N) is 3. The van der Waals surface area contributed by atoms with Crippen LogP contribution in [-0.2, 0) is 4.79 Å². The summed E-state index contributed by atoms with van der Waals surface area (Å²) >= 11 is 13.5. The monoisotopic (exact) mass is 660 g/mol. The first-order chi connectivity index (χ1) is 18.2. The summed E-state index contributed by atoms with van der Waals surface area (Å²) in [5.41, 5.74) is 2.56. The van der Waals surface area contributed by atoms with Crippen molar-refractivity contribution in [1.82, 2.24) is 9.66 Å². The predicted molar refractivity (Wildman–Crippen MR) is 157 cm³/mol. The lowest BCUT2D eigenvalue weighted by atomic mass is 10.2. The highest BCUT2D eigenvalue weighted by Gasteiger charge is 2.19. The Kier molecular flexibility index (Phi) is 8.86. The predicted octanol–water partition coefficient (Wildman–Crippen LogP) is 6.49. The van der Waals surface area contributed by atoms with Crippen LogP contribution in [0.25, 0.3) is 10.9 Å². The van der Waals surface area contributed by atoms with Gasteiger partial charge in [0.25, 0.3) is 11.5 Å². The molecule has 0 fully saturated rings. The van der Waals surface area contributed by atoms with E-state index in [1.54, 1.807) is 25.1 Å². The fraction of sp³-hybridized carbons (Fsp3) is 0.185. The molecule has 196 valence electrons. The van der Waals surface area contributed by atoms with E-state index in [1.165, 1.54) is 10.9 Å². The molecule has 0 saturated carbocycles. The summed E-state index contributed by atoms with van der Waals surface area (Å²) < 4.78 is 13.9. The molecule has 1 aromatic heterocycles. The van der Waals surface area contributed by atoms with Crippen molar-refractivity contribution in [2.45, 2.75) is 20.8 Å². The average Bonchev–Trinajstić information content (AvgIpc) is 2.88. The van der Waals surface area contributed by atoms with Gasteiger partial charge in [0, 0.05) is 20.2 Å². The molecular formula is C27H23Br2ClN4O4. The van der Waals surface area contributed by atoms with Crippen LogP contribution in [0.5, 0.6) is 11.5 Å². The second-order valence-electron chi connectivity index (χ2n) is 8.24. The van der Waals surface area contributed by atoms with E-state index in [0.29, 0.717) is 44.8 Å². The van der Waals surface area contributed by atoms with Crippen LogP contribution in [-0.4, -0.2) is 35.0 Å². The van der Waals surface area contributed by atoms with Crippen molar-refractivity contribution in [1.29, 1.82) is 0 Å². The van der Waals surface area contributed by atoms with E-state index in [-0.39, 0.29) is 28.8 Å². The first kappa shape index (κ1) is 27.8. The van der Waals surface area contributed by atoms with Gasteiger partial charge in [-0.25, -0.2) is 4.98 Å². The standard InChI is InChI=1S/C27H23Br2ClN4O4/c1-4-37-22-11-17(13-31-34-16(3)32-21-10-7-18(28)12-20(21)27(34)36)24(29)25(30)26(22)38-14-23(35)33-19-8-5-15(2)6-9-19/h5-13H,4,14H2,1-3H3,(H,33,35). The van der Waals surface area contributed by atoms with Crippen LogP contribution in [0.3, 0.4) is 0 Å². The Hall–Kier alpha value is -3.21. The maximum absolute atomic E-state index is 13.1. The van der Waals surface area contributed by atoms with Crippen LogP contribution >= 0.6 is 43.5 Å². The highest BCUT2D eigenvalue weighted by atomic mass is 79.9. The van der Waals surface area contributed by atoms with E-state index in [2.05, 4.69) is 47.3 Å². The molecule has 0 radical (unpaired) electrons. The number of rotatable bonds is 8. The molecule has 8 nitrogen and oxygen atoms in total. The van der Waals surface area contributed by atoms with Gasteiger partial charge in [-0.1, -0.05) is 45.2 Å². The van der Waals surface area contributed by atoms with Crippen LogP contribution in [0.1, 0.15) is 23.9 Å². The summed E-state index contributed by atoms with van der Waals surface area (Å²) in [6, 6.07) is 14.4. The minimum absolute atomic E-state index is 0.199. The molecule has 0 aliphatic heterocycles. The first-order valence-electron chi connectivity index (χ1n) is 11.5. The third-order valence-corrected chi connectivity index (χ3v) is 7.36. The summed E-state index contributed by atoms with van der Waals surface area (Å²) in [5.74, 6) is 0.615. The summed E-state index contributed by atoms with van der Waals surface area (Å²) in [5, 5.41) is 7.78. The van der Waals surface area contributed by atoms with Crippen LogP contribution in [0.4, 0.5) is 5.69 Å². The lowest BCUT2D eigenvalue weighted by Crippen LogP contribution is -2.21. The van der Waals surface area contributed by atoms with Crippen molar-refractivity contribution >= 4 is 72.2 Å². The Bertz CT molecular complexity index is 1600. The molecular weight excluding hydrogens is 640 g/mol. The molecule has 0 unspecified atom stereocenters. The van der Waals surface area contributed by atoms with E-state index < -0.39 is 0 Å². The van der Waals surface area contributed by atoms with Gasteiger partial charge in [-0.05, 0) is 73.1 Å². The number of aromatic nitrogens is 2. The molecule has 0 spiro atoms. The quantitative estimate of drug-likeness (QED) is 0.218. The smallest absolute Gasteiger partial charge is 0.282 e. The van der Waals surface area contributed by atoms with Crippen molar-refractivity contribution < 1.29 is 14.3 Å². The van der Waals surface area contributed by atoms with Gasteiger partial charge in [-0.2, -0.15) is 9.78 Å². The van der Waals surface area contributed by atoms with Crippen LogP contribution in [0.2, 0.25) is 5.02 Å². The number of aryl methyl sites for hydroxylation is 2. The van der Waals surface area contributed by atoms with Crippen LogP contribution in [0.15, 0.2) is 67.4 Å². The second kappa shape index (κ2) is 12.1. The van der Waals surface area contributed by atoms with E-state index in [9.17, 15) is 9.59 Å². The van der Waals surface area contributed by atoms with Gasteiger partial charge >= 0.3 is 0 Å². The van der Waals surface area contributed by atoms with Crippen LogP contribution in [0, 0.1) is 13.8 Å². The average molecular weight is 663 g/mol. The molecule has 1 N–H and O–H groups in total. The van der Waals surface area contributed by atoms with Crippen LogP contribution < -0.4 is 20.3 Å². The number of anilines is 1. The van der Waals surface area contributed by atoms with E-state index in [4.69, 9.17) is 21.1 Å². The first-order valence-corrected chi connectivity index (χ1v) is 13.5. The van der Waals surface area contributed by atoms with E-state index in [0.717, 1.165) is 10.0 Å². The minimum atomic E-state index is -0.348. The summed E-state index contributed by atoms with van der Waals surface area (Å²) in [7, 11) is 0. The number of ether oxygens (including phenoxy) is 2. The van der Waals surface area contributed by atoms with E-state index in [1.807, 2.05) is 44.2 Å². The maximum Gasteiger partial charge on any atom is 0.282 e. The summed E-state index contributed by atoms with van der Waals surface area (Å²) in [6.07, 6.45) is 1.48. The van der Waals surface area contributed by atoms with Gasteiger partial charge in [0.15, 0.2) is 18.1 Å². The van der Waals surface area contributed by atoms with Gasteiger partial charge in [-0.15, -0.1) is 0 Å². The topological polar surface area (TPSA) is 94.8 Å². The highest BCUT2D eigenvalue weighted by Crippen LogP contribution is 2.42. The van der Waals surface area contributed by atoms with Gasteiger partial charge in [0.05, 0.1) is 23.7 Å². The number of hydrogen-bond donors (Lipinski definition) is 1. The molecule has 0 bridgehead atoms. The Balaban J connectivity index is 1.61. The Morgan fingerprint density at radius 1 is 1.13 bits per heavy atom. The molecule has 1 heterocycles. The normalized spacial score (nSPS) is 11.2. The number of benzene rings is 3. The highest BCUT2D eigenvalue weighted by molar-refractivity contribution is 9.10. The summed E-state index contributed by atoms with van der Waals surface area (Å²) in [4.78, 5) is 30.0. The molecule has 4 aromatic rings. The fourth-order valence-corrected chi connectivity index (χ4v) is 4.60. The zero-order chi connectivity index (χ0) is 27.4. The third kappa shape index (κ3) is 6.25. The molecule has 0 saturated heterocycles. The molecule has 1 amide bonds. The lowest BCUT2D eigenvalue weighted by Gasteiger charge is -2.16. The van der Waals surface area contributed by atoms with Gasteiger partial charge in [0.2, 0.25) is 0 Å². The maximum atomic E-state index is 13.1. The largest absolute Gasteiger partial charge is 0.490 e. The third-order valence-electron chi connectivity index (χ3n) is 5.42. The molecule has 4 rings (SSSR count). The van der Waals surface area contributed by atoms with Crippen molar-refractivity contribution in [3.05, 3.63) is 89.8 Å². The zero-order valence-electron chi connectivity index (χ0n) is 20.7. The Morgan fingerprint density at radius 2 is 1.87 bits per heavy atom. The number of fused-ring (bicyclic) bond motifs is 1. The molecule has 0 atom stereocenters. The van der Waals surface area contributed by atoms with Crippen molar-refractivity contribution in [3.63, 3.8) is 0 Å². The van der Waals surface area contributed by atoms with Gasteiger partial charge in [0.1, 0.15) is 10.8 Å². The van der Waals surface area contributed by atoms with Crippen molar-refractivity contribution in [2.24, 2.45) is 5.10 Å². The SMILES string of the molecule is CCOc1cc(C=Nn2c(C)nc3ccc(Br)cc3c2=O)c(Br)c(Cl)c1OCC(=O)Nc1ccc(C)cc1. The number of carbonyl (C=O) groups is 1. The fourth-order valence-electron chi connectivity index (χ4n) is 3.58. The Labute approximate surface area is 240 Å². The number of hydrogen-bond acceptors (Lipinski definition) is 6. The number of halogens is 3. The summed E-state index contributed by atoms with van der Waals surface area (Å²) in [6.45, 7) is 5.55. The molecule has 0 aliphatic carbocycles. The van der Waals surface area contributed by atoms with E-state index >= 15 is 0 Å². The number of nitrogens with one attached hydrogen (secondary N) is 1. The molecule has 11 heteroatoms. The van der Waals surface area contributed by atoms with Gasteiger partial charge < -0.3 is 14.8 Å². The number of amides is 1. The molecule has 3 aromatic carbocycles. The Morgan fingerprint density at radius 3 is 2.58 bits per heavy atom. The molecule has 0 aliphatic rings. The molecule has 38 heavy (non-hydrogen) atoms. The zero-order valence-corrected chi connectivity index (χ0v) is 24.6. The van der Waals surface area contributed by atoms with Crippen molar-refractivity contribution in [3.8, 4) is 11.5 Å². The lowest BCUT2D eigenvalue weighted by molar-refractivity contribution is -0.118. The minimum Gasteiger partial charge on any atom is -0.490 e. The number of carbonyl (C=O) groups excluding carboxylic acids is 1. The van der Waals surface area contributed by atoms with Gasteiger partial charge in [-0.3, -0.25) is 9.59 Å².